The van der Waals surface area contributed by atoms with Crippen LogP contribution >= 0.6 is 0 Å². The molecule has 3 amide bonds. The van der Waals surface area contributed by atoms with Crippen LogP contribution in [-0.2, 0) is 17.9 Å². The molecule has 2 aliphatic heterocycles. The Kier molecular flexibility index (Phi) is 6.42. The third-order valence-corrected chi connectivity index (χ3v) is 6.69. The predicted molar refractivity (Wildman–Crippen MR) is 122 cm³/mol. The van der Waals surface area contributed by atoms with Crippen molar-refractivity contribution in [2.45, 2.75) is 51.7 Å². The highest BCUT2D eigenvalue weighted by Gasteiger charge is 2.57. The maximum Gasteiger partial charge on any atom is 0.328 e. The molecule has 0 saturated carbocycles. The number of likely N-dealkylation sites (tertiary alicyclic amines) is 1. The molecule has 2 heterocycles. The summed E-state index contributed by atoms with van der Waals surface area (Å²) >= 11 is 0. The molecular formula is C26H33N3O2. The van der Waals surface area contributed by atoms with Crippen LogP contribution in [0.15, 0.2) is 60.7 Å². The van der Waals surface area contributed by atoms with Gasteiger partial charge in [0.25, 0.3) is 5.91 Å². The maximum atomic E-state index is 13.7. The Hall–Kier alpha value is -2.66. The Morgan fingerprint density at radius 1 is 0.839 bits per heavy atom. The van der Waals surface area contributed by atoms with E-state index < -0.39 is 5.54 Å². The largest absolute Gasteiger partial charge is 0.328 e. The Morgan fingerprint density at radius 2 is 1.39 bits per heavy atom. The fraction of sp³-hybridized carbons (Fsp3) is 0.462. The summed E-state index contributed by atoms with van der Waals surface area (Å²) in [5.74, 6) is 0.641. The van der Waals surface area contributed by atoms with Gasteiger partial charge in [0, 0.05) is 19.6 Å². The lowest BCUT2D eigenvalue weighted by molar-refractivity contribution is -0.136. The molecule has 2 aromatic rings. The summed E-state index contributed by atoms with van der Waals surface area (Å²) in [7, 11) is 0. The van der Waals surface area contributed by atoms with Crippen molar-refractivity contribution in [3.05, 3.63) is 71.8 Å². The highest BCUT2D eigenvalue weighted by Crippen LogP contribution is 2.39. The molecule has 4 rings (SSSR count). The maximum absolute atomic E-state index is 13.7. The molecule has 164 valence electrons. The second-order valence-corrected chi connectivity index (χ2v) is 9.29. The first-order valence-electron chi connectivity index (χ1n) is 11.4. The van der Waals surface area contributed by atoms with Gasteiger partial charge in [-0.05, 0) is 42.9 Å². The zero-order valence-corrected chi connectivity index (χ0v) is 18.7. The zero-order chi connectivity index (χ0) is 21.8. The molecule has 1 spiro atoms. The van der Waals surface area contributed by atoms with Gasteiger partial charge in [-0.3, -0.25) is 9.69 Å². The highest BCUT2D eigenvalue weighted by atomic mass is 16.2. The number of imide groups is 1. The Labute approximate surface area is 185 Å². The number of rotatable bonds is 7. The van der Waals surface area contributed by atoms with Crippen LogP contribution in [0.3, 0.4) is 0 Å². The van der Waals surface area contributed by atoms with Gasteiger partial charge in [-0.2, -0.15) is 0 Å². The van der Waals surface area contributed by atoms with E-state index in [-0.39, 0.29) is 11.9 Å². The summed E-state index contributed by atoms with van der Waals surface area (Å²) in [6.07, 6.45) is 2.56. The number of nitrogens with zero attached hydrogens (tertiary/aromatic N) is 3. The van der Waals surface area contributed by atoms with Crippen molar-refractivity contribution < 1.29 is 9.59 Å². The second-order valence-electron chi connectivity index (χ2n) is 9.29. The molecule has 2 fully saturated rings. The van der Waals surface area contributed by atoms with Crippen LogP contribution in [0.4, 0.5) is 4.79 Å². The lowest BCUT2D eigenvalue weighted by Crippen LogP contribution is -2.56. The lowest BCUT2D eigenvalue weighted by atomic mass is 9.85. The summed E-state index contributed by atoms with van der Waals surface area (Å²) in [6, 6.07) is 19.7. The van der Waals surface area contributed by atoms with Gasteiger partial charge in [-0.25, -0.2) is 4.79 Å². The van der Waals surface area contributed by atoms with E-state index in [1.54, 1.807) is 0 Å². The average Bonchev–Trinajstić information content (AvgIpc) is 2.97. The molecule has 31 heavy (non-hydrogen) atoms. The number of hydrogen-bond acceptors (Lipinski definition) is 3. The first kappa shape index (κ1) is 21.6. The minimum absolute atomic E-state index is 0.0270. The smallest absolute Gasteiger partial charge is 0.305 e. The van der Waals surface area contributed by atoms with Gasteiger partial charge >= 0.3 is 6.03 Å². The molecule has 0 N–H and O–H groups in total. The van der Waals surface area contributed by atoms with E-state index in [0.29, 0.717) is 31.8 Å². The third-order valence-electron chi connectivity index (χ3n) is 6.69. The molecule has 2 aromatic carbocycles. The molecule has 5 nitrogen and oxygen atoms in total. The van der Waals surface area contributed by atoms with E-state index in [1.807, 2.05) is 65.6 Å². The summed E-state index contributed by atoms with van der Waals surface area (Å²) < 4.78 is 0. The molecule has 0 radical (unpaired) electrons. The number of hydrogen-bond donors (Lipinski definition) is 0. The fourth-order valence-corrected chi connectivity index (χ4v) is 4.74. The van der Waals surface area contributed by atoms with Crippen molar-refractivity contribution in [3.8, 4) is 0 Å². The van der Waals surface area contributed by atoms with Crippen molar-refractivity contribution >= 4 is 11.9 Å². The van der Waals surface area contributed by atoms with Crippen molar-refractivity contribution in [2.24, 2.45) is 5.92 Å². The van der Waals surface area contributed by atoms with Gasteiger partial charge in [0.15, 0.2) is 0 Å². The normalized spacial score (nSPS) is 19.1. The number of piperidine rings is 1. The number of benzene rings is 2. The van der Waals surface area contributed by atoms with E-state index in [9.17, 15) is 9.59 Å². The third kappa shape index (κ3) is 4.52. The summed E-state index contributed by atoms with van der Waals surface area (Å²) in [5.41, 5.74) is 1.32. The van der Waals surface area contributed by atoms with E-state index in [0.717, 1.165) is 37.2 Å². The molecule has 0 bridgehead atoms. The average molecular weight is 420 g/mol. The van der Waals surface area contributed by atoms with Crippen LogP contribution in [0.1, 0.15) is 44.2 Å². The number of urea groups is 1. The molecule has 0 atom stereocenters. The number of amides is 3. The standard InChI is InChI=1S/C26H33N3O2/c1-21(2)13-16-27-17-14-26(15-18-27)24(30)28(19-22-9-5-3-6-10-22)25(31)29(26)20-23-11-7-4-8-12-23/h3-12,21H,13-20H2,1-2H3. The highest BCUT2D eigenvalue weighted by molar-refractivity contribution is 6.07. The van der Waals surface area contributed by atoms with E-state index >= 15 is 0 Å². The van der Waals surface area contributed by atoms with Crippen LogP contribution < -0.4 is 0 Å². The van der Waals surface area contributed by atoms with E-state index in [1.165, 1.54) is 4.90 Å². The van der Waals surface area contributed by atoms with Crippen LogP contribution in [0.25, 0.3) is 0 Å². The summed E-state index contributed by atoms with van der Waals surface area (Å²) in [5, 5.41) is 0. The molecule has 0 aromatic heterocycles. The Morgan fingerprint density at radius 3 is 1.94 bits per heavy atom. The monoisotopic (exact) mass is 419 g/mol. The minimum atomic E-state index is -0.726. The van der Waals surface area contributed by atoms with Crippen LogP contribution in [-0.4, -0.2) is 51.8 Å². The lowest BCUT2D eigenvalue weighted by Gasteiger charge is -2.42. The Bertz CT molecular complexity index is 889. The summed E-state index contributed by atoms with van der Waals surface area (Å²) in [6.45, 7) is 8.07. The van der Waals surface area contributed by atoms with Crippen LogP contribution in [0.5, 0.6) is 0 Å². The Balaban J connectivity index is 1.57. The van der Waals surface area contributed by atoms with Gasteiger partial charge in [-0.15, -0.1) is 0 Å². The zero-order valence-electron chi connectivity index (χ0n) is 18.7. The van der Waals surface area contributed by atoms with Crippen molar-refractivity contribution in [1.82, 2.24) is 14.7 Å². The van der Waals surface area contributed by atoms with E-state index in [4.69, 9.17) is 0 Å². The minimum Gasteiger partial charge on any atom is -0.305 e. The fourth-order valence-electron chi connectivity index (χ4n) is 4.74. The van der Waals surface area contributed by atoms with Gasteiger partial charge in [0.2, 0.25) is 0 Å². The SMILES string of the molecule is CC(C)CCN1CCC2(CC1)C(=O)N(Cc1ccccc1)C(=O)N2Cc1ccccc1. The molecule has 0 aliphatic carbocycles. The summed E-state index contributed by atoms with van der Waals surface area (Å²) in [4.78, 5) is 33.0. The van der Waals surface area contributed by atoms with E-state index in [2.05, 4.69) is 18.7 Å². The first-order valence-corrected chi connectivity index (χ1v) is 11.4. The van der Waals surface area contributed by atoms with Gasteiger partial charge < -0.3 is 9.80 Å². The first-order chi connectivity index (χ1) is 15.0. The number of carbonyl (C=O) groups excluding carboxylic acids is 2. The van der Waals surface area contributed by atoms with Crippen molar-refractivity contribution in [2.75, 3.05) is 19.6 Å². The second kappa shape index (κ2) is 9.23. The number of carbonyl (C=O) groups is 2. The van der Waals surface area contributed by atoms with Crippen molar-refractivity contribution in [1.29, 1.82) is 0 Å². The topological polar surface area (TPSA) is 43.9 Å². The van der Waals surface area contributed by atoms with Crippen LogP contribution in [0.2, 0.25) is 0 Å². The molecule has 0 unspecified atom stereocenters. The van der Waals surface area contributed by atoms with Gasteiger partial charge in [0.1, 0.15) is 5.54 Å². The molecule has 2 saturated heterocycles. The van der Waals surface area contributed by atoms with Crippen molar-refractivity contribution in [3.63, 3.8) is 0 Å². The molecule has 5 heteroatoms. The van der Waals surface area contributed by atoms with Crippen LogP contribution in [0, 0.1) is 5.92 Å². The quantitative estimate of drug-likeness (QED) is 0.619. The molecular weight excluding hydrogens is 386 g/mol. The van der Waals surface area contributed by atoms with Gasteiger partial charge in [-0.1, -0.05) is 74.5 Å². The predicted octanol–water partition coefficient (Wildman–Crippen LogP) is 4.53. The molecule has 2 aliphatic rings. The van der Waals surface area contributed by atoms with Gasteiger partial charge in [0.05, 0.1) is 6.54 Å².